The molecule has 0 unspecified atom stereocenters. The fraction of sp³-hybridized carbons (Fsp3) is 0.538. The van der Waals surface area contributed by atoms with Crippen molar-refractivity contribution in [2.24, 2.45) is 0 Å². The number of rotatable bonds is 5. The summed E-state index contributed by atoms with van der Waals surface area (Å²) in [7, 11) is 0. The summed E-state index contributed by atoms with van der Waals surface area (Å²) in [6, 6.07) is 6.45. The molecule has 0 aliphatic carbocycles. The summed E-state index contributed by atoms with van der Waals surface area (Å²) < 4.78 is 5.86. The van der Waals surface area contributed by atoms with Crippen molar-refractivity contribution < 1.29 is 4.74 Å². The summed E-state index contributed by atoms with van der Waals surface area (Å²) in [6.45, 7) is 0.836. The van der Waals surface area contributed by atoms with Gasteiger partial charge in [0.25, 0.3) is 0 Å². The first-order chi connectivity index (χ1) is 7.92. The number of benzene rings is 1. The first kappa shape index (κ1) is 12.3. The second-order valence-electron chi connectivity index (χ2n) is 3.94. The number of hydrogen-bond donors (Lipinski definition) is 0. The number of halogens is 1. The number of alkyl halides is 1. The van der Waals surface area contributed by atoms with Crippen LogP contribution in [0.5, 0.6) is 5.75 Å². The standard InChI is InChI=1S/C13H17BrOS/c14-8-1-2-9-15-12-7-3-5-11-6-4-10-16-13(11)12/h3,5,7H,1-2,4,6,8-10H2. The zero-order chi connectivity index (χ0) is 11.2. The molecule has 0 saturated heterocycles. The minimum atomic E-state index is 0.836. The Balaban J connectivity index is 1.97. The van der Waals surface area contributed by atoms with Crippen LogP contribution in [-0.2, 0) is 6.42 Å². The number of ether oxygens (including phenoxy) is 1. The van der Waals surface area contributed by atoms with Crippen LogP contribution in [0.4, 0.5) is 0 Å². The van der Waals surface area contributed by atoms with Crippen LogP contribution in [0.3, 0.4) is 0 Å². The molecule has 1 aromatic rings. The molecule has 1 aliphatic rings. The van der Waals surface area contributed by atoms with Crippen molar-refractivity contribution in [2.45, 2.75) is 30.6 Å². The van der Waals surface area contributed by atoms with Crippen LogP contribution in [-0.4, -0.2) is 17.7 Å². The molecule has 0 N–H and O–H groups in total. The zero-order valence-corrected chi connectivity index (χ0v) is 11.8. The highest BCUT2D eigenvalue weighted by atomic mass is 79.9. The molecular formula is C13H17BrOS. The molecule has 2 rings (SSSR count). The quantitative estimate of drug-likeness (QED) is 0.593. The molecule has 0 radical (unpaired) electrons. The average Bonchev–Trinajstić information content (AvgIpc) is 2.35. The van der Waals surface area contributed by atoms with E-state index >= 15 is 0 Å². The Morgan fingerprint density at radius 2 is 2.25 bits per heavy atom. The second kappa shape index (κ2) is 6.55. The Labute approximate surface area is 110 Å². The SMILES string of the molecule is BrCCCCOc1cccc2c1SCCC2. The molecule has 16 heavy (non-hydrogen) atoms. The van der Waals surface area contributed by atoms with Crippen LogP contribution in [0.2, 0.25) is 0 Å². The third kappa shape index (κ3) is 3.17. The van der Waals surface area contributed by atoms with Crippen molar-refractivity contribution in [1.29, 1.82) is 0 Å². The number of unbranched alkanes of at least 4 members (excludes halogenated alkanes) is 1. The molecule has 0 bridgehead atoms. The molecule has 0 saturated carbocycles. The van der Waals surface area contributed by atoms with E-state index in [1.807, 2.05) is 11.8 Å². The van der Waals surface area contributed by atoms with E-state index in [4.69, 9.17) is 4.74 Å². The highest BCUT2D eigenvalue weighted by Gasteiger charge is 2.13. The van der Waals surface area contributed by atoms with E-state index in [9.17, 15) is 0 Å². The molecule has 1 nitrogen and oxygen atoms in total. The van der Waals surface area contributed by atoms with E-state index < -0.39 is 0 Å². The predicted octanol–water partition coefficient (Wildman–Crippen LogP) is 4.28. The fourth-order valence-electron chi connectivity index (χ4n) is 1.85. The van der Waals surface area contributed by atoms with Gasteiger partial charge in [-0.05, 0) is 43.1 Å². The van der Waals surface area contributed by atoms with Gasteiger partial charge in [-0.2, -0.15) is 0 Å². The van der Waals surface area contributed by atoms with Crippen molar-refractivity contribution in [1.82, 2.24) is 0 Å². The number of hydrogen-bond acceptors (Lipinski definition) is 2. The molecule has 3 heteroatoms. The van der Waals surface area contributed by atoms with Gasteiger partial charge in [-0.1, -0.05) is 28.1 Å². The van der Waals surface area contributed by atoms with Crippen LogP contribution in [0, 0.1) is 0 Å². The lowest BCUT2D eigenvalue weighted by Gasteiger charge is -2.18. The van der Waals surface area contributed by atoms with Gasteiger partial charge < -0.3 is 4.74 Å². The summed E-state index contributed by atoms with van der Waals surface area (Å²) >= 11 is 5.38. The molecule has 1 aliphatic heterocycles. The third-order valence-electron chi connectivity index (χ3n) is 2.68. The Hall–Kier alpha value is -0.150. The van der Waals surface area contributed by atoms with Crippen LogP contribution in [0.15, 0.2) is 23.1 Å². The third-order valence-corrected chi connectivity index (χ3v) is 4.49. The Morgan fingerprint density at radius 3 is 3.12 bits per heavy atom. The van der Waals surface area contributed by atoms with Gasteiger partial charge in [0, 0.05) is 5.33 Å². The van der Waals surface area contributed by atoms with Gasteiger partial charge in [0.2, 0.25) is 0 Å². The maximum absolute atomic E-state index is 5.86. The molecule has 1 aromatic carbocycles. The summed E-state index contributed by atoms with van der Waals surface area (Å²) in [4.78, 5) is 1.38. The Morgan fingerprint density at radius 1 is 1.31 bits per heavy atom. The first-order valence-corrected chi connectivity index (χ1v) is 7.96. The summed E-state index contributed by atoms with van der Waals surface area (Å²) in [5, 5.41) is 1.07. The van der Waals surface area contributed by atoms with Crippen molar-refractivity contribution >= 4 is 27.7 Å². The van der Waals surface area contributed by atoms with Crippen molar-refractivity contribution in [3.05, 3.63) is 23.8 Å². The molecule has 0 aromatic heterocycles. The summed E-state index contributed by atoms with van der Waals surface area (Å²) in [5.74, 6) is 2.33. The van der Waals surface area contributed by atoms with Gasteiger partial charge in [-0.3, -0.25) is 0 Å². The molecule has 0 amide bonds. The average molecular weight is 301 g/mol. The normalized spacial score (nSPS) is 14.6. The lowest BCUT2D eigenvalue weighted by Crippen LogP contribution is -2.03. The number of thioether (sulfide) groups is 1. The van der Waals surface area contributed by atoms with E-state index in [0.29, 0.717) is 0 Å². The van der Waals surface area contributed by atoms with E-state index in [1.165, 1.54) is 35.5 Å². The van der Waals surface area contributed by atoms with E-state index in [1.54, 1.807) is 0 Å². The van der Waals surface area contributed by atoms with Gasteiger partial charge in [-0.25, -0.2) is 0 Å². The van der Waals surface area contributed by atoms with Gasteiger partial charge in [0.1, 0.15) is 5.75 Å². The minimum absolute atomic E-state index is 0.836. The first-order valence-electron chi connectivity index (χ1n) is 5.85. The zero-order valence-electron chi connectivity index (χ0n) is 9.38. The van der Waals surface area contributed by atoms with Crippen LogP contribution < -0.4 is 4.74 Å². The largest absolute Gasteiger partial charge is 0.492 e. The monoisotopic (exact) mass is 300 g/mol. The maximum Gasteiger partial charge on any atom is 0.133 e. The van der Waals surface area contributed by atoms with E-state index in [0.717, 1.165) is 24.1 Å². The Bertz CT molecular complexity index is 341. The van der Waals surface area contributed by atoms with E-state index in [2.05, 4.69) is 34.1 Å². The van der Waals surface area contributed by atoms with Crippen LogP contribution in [0.25, 0.3) is 0 Å². The highest BCUT2D eigenvalue weighted by molar-refractivity contribution is 9.09. The van der Waals surface area contributed by atoms with Crippen molar-refractivity contribution in [3.8, 4) is 5.75 Å². The lowest BCUT2D eigenvalue weighted by atomic mass is 10.1. The van der Waals surface area contributed by atoms with Crippen molar-refractivity contribution in [3.63, 3.8) is 0 Å². The Kier molecular flexibility index (Phi) is 5.04. The molecule has 88 valence electrons. The highest BCUT2D eigenvalue weighted by Crippen LogP contribution is 2.37. The molecule has 0 atom stereocenters. The minimum Gasteiger partial charge on any atom is -0.492 e. The molecule has 1 heterocycles. The smallest absolute Gasteiger partial charge is 0.133 e. The lowest BCUT2D eigenvalue weighted by molar-refractivity contribution is 0.302. The molecule has 0 spiro atoms. The fourth-order valence-corrected chi connectivity index (χ4v) is 3.37. The second-order valence-corrected chi connectivity index (χ2v) is 5.84. The van der Waals surface area contributed by atoms with Gasteiger partial charge >= 0.3 is 0 Å². The predicted molar refractivity (Wildman–Crippen MR) is 74.0 cm³/mol. The van der Waals surface area contributed by atoms with Gasteiger partial charge in [0.05, 0.1) is 11.5 Å². The van der Waals surface area contributed by atoms with E-state index in [-0.39, 0.29) is 0 Å². The molecular weight excluding hydrogens is 284 g/mol. The van der Waals surface area contributed by atoms with Crippen molar-refractivity contribution in [2.75, 3.05) is 17.7 Å². The van der Waals surface area contributed by atoms with Crippen LogP contribution in [0.1, 0.15) is 24.8 Å². The van der Waals surface area contributed by atoms with Gasteiger partial charge in [0.15, 0.2) is 0 Å². The van der Waals surface area contributed by atoms with Crippen LogP contribution >= 0.6 is 27.7 Å². The topological polar surface area (TPSA) is 9.23 Å². The number of aryl methyl sites for hydroxylation is 1. The van der Waals surface area contributed by atoms with Gasteiger partial charge in [-0.15, -0.1) is 11.8 Å². The molecule has 0 fully saturated rings. The maximum atomic E-state index is 5.86. The summed E-state index contributed by atoms with van der Waals surface area (Å²) in [5.41, 5.74) is 1.47. The number of fused-ring (bicyclic) bond motifs is 1. The summed E-state index contributed by atoms with van der Waals surface area (Å²) in [6.07, 6.45) is 4.81.